The van der Waals surface area contributed by atoms with E-state index in [1.165, 1.54) is 23.6 Å². The molecule has 0 radical (unpaired) electrons. The van der Waals surface area contributed by atoms with Gasteiger partial charge in [-0.05, 0) is 12.1 Å². The van der Waals surface area contributed by atoms with Crippen molar-refractivity contribution >= 4 is 39.3 Å². The second-order valence-electron chi connectivity index (χ2n) is 3.14. The number of benzene rings is 1. The van der Waals surface area contributed by atoms with E-state index in [2.05, 4.69) is 15.8 Å². The Bertz CT molecular complexity index is 462. The predicted octanol–water partition coefficient (Wildman–Crippen LogP) is 2.70. The Hall–Kier alpha value is -1.07. The maximum atomic E-state index is 10.9. The molecule has 2 rings (SSSR count). The van der Waals surface area contributed by atoms with Gasteiger partial charge < -0.3 is 4.74 Å². The number of thioether (sulfide) groups is 1. The maximum Gasteiger partial charge on any atom is 0.315 e. The molecule has 16 heavy (non-hydrogen) atoms. The lowest BCUT2D eigenvalue weighted by molar-refractivity contribution is -0.137. The van der Waals surface area contributed by atoms with Gasteiger partial charge in [0.1, 0.15) is 5.01 Å². The van der Waals surface area contributed by atoms with Crippen molar-refractivity contribution in [3.63, 3.8) is 0 Å². The number of methoxy groups -OCH3 is 1. The van der Waals surface area contributed by atoms with Gasteiger partial charge in [-0.1, -0.05) is 12.1 Å². The van der Waals surface area contributed by atoms with Gasteiger partial charge in [0.05, 0.1) is 23.1 Å². The zero-order valence-electron chi connectivity index (χ0n) is 8.80. The molecule has 0 saturated carbocycles. The summed E-state index contributed by atoms with van der Waals surface area (Å²) in [4.78, 5) is 15.4. The van der Waals surface area contributed by atoms with Crippen LogP contribution in [-0.4, -0.2) is 23.8 Å². The molecule has 1 heterocycles. The van der Waals surface area contributed by atoms with Crippen molar-refractivity contribution in [2.24, 2.45) is 0 Å². The zero-order valence-corrected chi connectivity index (χ0v) is 10.4. The van der Waals surface area contributed by atoms with Crippen LogP contribution in [0.5, 0.6) is 0 Å². The standard InChI is InChI=1S/C11H11NO2S2/c1-14-11(13)7-15-6-10-12-8-4-2-3-5-9(8)16-10/h2-5H,6-7H2,1H3. The molecule has 0 atom stereocenters. The van der Waals surface area contributed by atoms with E-state index in [0.717, 1.165) is 16.3 Å². The van der Waals surface area contributed by atoms with E-state index < -0.39 is 0 Å². The van der Waals surface area contributed by atoms with Crippen LogP contribution in [0.1, 0.15) is 5.01 Å². The van der Waals surface area contributed by atoms with E-state index in [9.17, 15) is 4.79 Å². The molecule has 84 valence electrons. The third-order valence-corrected chi connectivity index (χ3v) is 4.15. The van der Waals surface area contributed by atoms with Crippen LogP contribution in [0, 0.1) is 0 Å². The molecule has 0 bridgehead atoms. The van der Waals surface area contributed by atoms with Crippen LogP contribution in [0.4, 0.5) is 0 Å². The number of thiazole rings is 1. The first kappa shape index (κ1) is 11.4. The average molecular weight is 253 g/mol. The highest BCUT2D eigenvalue weighted by Gasteiger charge is 2.05. The molecule has 0 N–H and O–H groups in total. The molecule has 0 unspecified atom stereocenters. The Morgan fingerprint density at radius 3 is 3.06 bits per heavy atom. The number of carbonyl (C=O) groups is 1. The maximum absolute atomic E-state index is 10.9. The quantitative estimate of drug-likeness (QED) is 0.785. The van der Waals surface area contributed by atoms with Crippen molar-refractivity contribution in [2.45, 2.75) is 5.75 Å². The smallest absolute Gasteiger partial charge is 0.315 e. The largest absolute Gasteiger partial charge is 0.468 e. The fourth-order valence-electron chi connectivity index (χ4n) is 1.26. The fourth-order valence-corrected chi connectivity index (χ4v) is 3.14. The van der Waals surface area contributed by atoms with Crippen LogP contribution in [0.15, 0.2) is 24.3 Å². The van der Waals surface area contributed by atoms with E-state index in [4.69, 9.17) is 0 Å². The molecule has 0 aliphatic rings. The van der Waals surface area contributed by atoms with Crippen LogP contribution in [-0.2, 0) is 15.3 Å². The number of para-hydroxylation sites is 1. The number of ether oxygens (including phenoxy) is 1. The summed E-state index contributed by atoms with van der Waals surface area (Å²) >= 11 is 3.20. The summed E-state index contributed by atoms with van der Waals surface area (Å²) in [5, 5.41) is 1.05. The Balaban J connectivity index is 1.97. The SMILES string of the molecule is COC(=O)CSCc1nc2ccccc2s1. The molecule has 0 amide bonds. The summed E-state index contributed by atoms with van der Waals surface area (Å²) in [5.74, 6) is 0.951. The molecular formula is C11H11NO2S2. The highest BCUT2D eigenvalue weighted by Crippen LogP contribution is 2.24. The van der Waals surface area contributed by atoms with Gasteiger partial charge in [-0.2, -0.15) is 0 Å². The van der Waals surface area contributed by atoms with Crippen LogP contribution >= 0.6 is 23.1 Å². The molecule has 0 aliphatic heterocycles. The minimum absolute atomic E-state index is 0.189. The fraction of sp³-hybridized carbons (Fsp3) is 0.273. The van der Waals surface area contributed by atoms with E-state index in [1.807, 2.05) is 18.2 Å². The highest BCUT2D eigenvalue weighted by molar-refractivity contribution is 7.99. The van der Waals surface area contributed by atoms with Crippen LogP contribution in [0.3, 0.4) is 0 Å². The third kappa shape index (κ3) is 2.74. The summed E-state index contributed by atoms with van der Waals surface area (Å²) in [7, 11) is 1.40. The van der Waals surface area contributed by atoms with Crippen molar-refractivity contribution in [1.29, 1.82) is 0 Å². The molecule has 0 aliphatic carbocycles. The summed E-state index contributed by atoms with van der Waals surface area (Å²) in [5.41, 5.74) is 1.03. The van der Waals surface area contributed by atoms with Gasteiger partial charge in [-0.15, -0.1) is 23.1 Å². The minimum atomic E-state index is -0.189. The van der Waals surface area contributed by atoms with Gasteiger partial charge >= 0.3 is 5.97 Å². The van der Waals surface area contributed by atoms with E-state index in [1.54, 1.807) is 11.3 Å². The first-order chi connectivity index (χ1) is 7.79. The molecule has 1 aromatic carbocycles. The monoisotopic (exact) mass is 253 g/mol. The molecule has 0 fully saturated rings. The minimum Gasteiger partial charge on any atom is -0.468 e. The van der Waals surface area contributed by atoms with Gasteiger partial charge in [0.15, 0.2) is 0 Å². The molecule has 3 nitrogen and oxygen atoms in total. The van der Waals surface area contributed by atoms with Gasteiger partial charge in [0.2, 0.25) is 0 Å². The number of carbonyl (C=O) groups excluding carboxylic acids is 1. The summed E-state index contributed by atoms with van der Waals surface area (Å²) in [6.07, 6.45) is 0. The Morgan fingerprint density at radius 2 is 2.31 bits per heavy atom. The van der Waals surface area contributed by atoms with Gasteiger partial charge in [0.25, 0.3) is 0 Å². The average Bonchev–Trinajstić information content (AvgIpc) is 2.71. The molecule has 0 spiro atoms. The summed E-state index contributed by atoms with van der Waals surface area (Å²) in [6.45, 7) is 0. The number of hydrogen-bond donors (Lipinski definition) is 0. The number of nitrogens with zero attached hydrogens (tertiary/aromatic N) is 1. The number of esters is 1. The van der Waals surface area contributed by atoms with E-state index >= 15 is 0 Å². The van der Waals surface area contributed by atoms with Crippen molar-refractivity contribution in [1.82, 2.24) is 4.98 Å². The Morgan fingerprint density at radius 1 is 1.50 bits per heavy atom. The van der Waals surface area contributed by atoms with Crippen molar-refractivity contribution < 1.29 is 9.53 Å². The molecule has 2 aromatic rings. The van der Waals surface area contributed by atoms with Gasteiger partial charge in [-0.25, -0.2) is 4.98 Å². The normalized spacial score (nSPS) is 10.6. The number of hydrogen-bond acceptors (Lipinski definition) is 5. The second kappa shape index (κ2) is 5.32. The lowest BCUT2D eigenvalue weighted by atomic mass is 10.3. The zero-order chi connectivity index (χ0) is 11.4. The lowest BCUT2D eigenvalue weighted by Gasteiger charge is -1.96. The third-order valence-electron chi connectivity index (χ3n) is 2.01. The molecule has 5 heteroatoms. The second-order valence-corrected chi connectivity index (χ2v) is 5.25. The molecule has 0 saturated heterocycles. The van der Waals surface area contributed by atoms with Gasteiger partial charge in [0, 0.05) is 5.75 Å². The summed E-state index contributed by atoms with van der Waals surface area (Å²) < 4.78 is 5.76. The molecule has 1 aromatic heterocycles. The topological polar surface area (TPSA) is 39.2 Å². The summed E-state index contributed by atoms with van der Waals surface area (Å²) in [6, 6.07) is 8.04. The number of rotatable bonds is 4. The van der Waals surface area contributed by atoms with Crippen LogP contribution < -0.4 is 0 Å². The molecular weight excluding hydrogens is 242 g/mol. The van der Waals surface area contributed by atoms with Crippen molar-refractivity contribution in [3.8, 4) is 0 Å². The van der Waals surface area contributed by atoms with Gasteiger partial charge in [-0.3, -0.25) is 4.79 Å². The Labute approximate surface area is 102 Å². The van der Waals surface area contributed by atoms with Crippen molar-refractivity contribution in [3.05, 3.63) is 29.3 Å². The lowest BCUT2D eigenvalue weighted by Crippen LogP contribution is -2.03. The van der Waals surface area contributed by atoms with Crippen LogP contribution in [0.2, 0.25) is 0 Å². The number of aromatic nitrogens is 1. The number of fused-ring (bicyclic) bond motifs is 1. The van der Waals surface area contributed by atoms with Crippen molar-refractivity contribution in [2.75, 3.05) is 12.9 Å². The predicted molar refractivity (Wildman–Crippen MR) is 67.8 cm³/mol. The first-order valence-electron chi connectivity index (χ1n) is 4.78. The van der Waals surface area contributed by atoms with E-state index in [0.29, 0.717) is 5.75 Å². The highest BCUT2D eigenvalue weighted by atomic mass is 32.2. The van der Waals surface area contributed by atoms with E-state index in [-0.39, 0.29) is 5.97 Å². The first-order valence-corrected chi connectivity index (χ1v) is 6.75. The Kier molecular flexibility index (Phi) is 3.79. The van der Waals surface area contributed by atoms with Crippen LogP contribution in [0.25, 0.3) is 10.2 Å².